The number of ether oxygens (including phenoxy) is 1. The number of carbonyl (C=O) groups is 1. The minimum absolute atomic E-state index is 0.158. The quantitative estimate of drug-likeness (QED) is 0.758. The van der Waals surface area contributed by atoms with Crippen LogP contribution in [0.15, 0.2) is 60.1 Å². The van der Waals surface area contributed by atoms with Crippen LogP contribution in [0.25, 0.3) is 11.4 Å². The predicted molar refractivity (Wildman–Crippen MR) is 104 cm³/mol. The lowest BCUT2D eigenvalue weighted by molar-refractivity contribution is -0.116. The minimum Gasteiger partial charge on any atom is -0.497 e. The number of rotatable bonds is 3. The molecule has 3 aromatic rings. The number of allylic oxidation sites excluding steroid dienone is 2. The summed E-state index contributed by atoms with van der Waals surface area (Å²) in [5.41, 5.74) is 3.50. The zero-order chi connectivity index (χ0) is 19.1. The zero-order valence-corrected chi connectivity index (χ0v) is 15.4. The minimum atomic E-state index is -0.327. The number of anilines is 1. The van der Waals surface area contributed by atoms with Crippen molar-refractivity contribution in [2.24, 2.45) is 0 Å². The standard InChI is InChI=1S/C21H19N5O2/c1-28-15-7-2-5-13(11-15)19-18-16(8-3-9-17(18)27)23-21-24-20(25-26(19)21)14-6-4-10-22-12-14/h2,4-7,10-12,19H,3,8-9H2,1H3,(H,23,24,25). The van der Waals surface area contributed by atoms with Crippen LogP contribution in [-0.4, -0.2) is 32.6 Å². The number of fused-ring (bicyclic) bond motifs is 1. The van der Waals surface area contributed by atoms with Crippen LogP contribution in [0.3, 0.4) is 0 Å². The second kappa shape index (κ2) is 6.60. The number of nitrogens with zero attached hydrogens (tertiary/aromatic N) is 4. The van der Waals surface area contributed by atoms with Gasteiger partial charge >= 0.3 is 0 Å². The fourth-order valence-corrected chi connectivity index (χ4v) is 3.89. The third-order valence-electron chi connectivity index (χ3n) is 5.20. The van der Waals surface area contributed by atoms with Gasteiger partial charge in [0.05, 0.1) is 7.11 Å². The summed E-state index contributed by atoms with van der Waals surface area (Å²) in [6.45, 7) is 0. The van der Waals surface area contributed by atoms with E-state index in [9.17, 15) is 4.79 Å². The first kappa shape index (κ1) is 16.7. The molecule has 2 aliphatic rings. The van der Waals surface area contributed by atoms with E-state index in [1.807, 2.05) is 36.4 Å². The van der Waals surface area contributed by atoms with Crippen LogP contribution in [0.1, 0.15) is 30.9 Å². The molecule has 3 heterocycles. The Bertz CT molecular complexity index is 1090. The number of Topliss-reactive ketones (excluding diaryl/α,β-unsaturated/α-hetero) is 1. The predicted octanol–water partition coefficient (Wildman–Crippen LogP) is 3.37. The Kier molecular flexibility index (Phi) is 3.93. The molecule has 0 radical (unpaired) electrons. The average molecular weight is 373 g/mol. The van der Waals surface area contributed by atoms with Gasteiger partial charge in [0.1, 0.15) is 11.8 Å². The number of aromatic nitrogens is 4. The van der Waals surface area contributed by atoms with Crippen molar-refractivity contribution in [2.75, 3.05) is 12.4 Å². The molecule has 0 spiro atoms. The van der Waals surface area contributed by atoms with Crippen molar-refractivity contribution in [1.82, 2.24) is 19.7 Å². The lowest BCUT2D eigenvalue weighted by Crippen LogP contribution is -2.31. The highest BCUT2D eigenvalue weighted by atomic mass is 16.5. The second-order valence-electron chi connectivity index (χ2n) is 6.92. The van der Waals surface area contributed by atoms with Crippen molar-refractivity contribution < 1.29 is 9.53 Å². The maximum Gasteiger partial charge on any atom is 0.226 e. The SMILES string of the molecule is COc1cccc(C2C3=C(CCCC3=O)Nc3nc(-c4cccnc4)nn32)c1. The van der Waals surface area contributed by atoms with Gasteiger partial charge in [-0.25, -0.2) is 4.68 Å². The molecule has 0 amide bonds. The van der Waals surface area contributed by atoms with Crippen molar-refractivity contribution in [1.29, 1.82) is 0 Å². The van der Waals surface area contributed by atoms with Crippen molar-refractivity contribution >= 4 is 11.7 Å². The molecule has 7 nitrogen and oxygen atoms in total. The maximum absolute atomic E-state index is 12.9. The third kappa shape index (κ3) is 2.67. The van der Waals surface area contributed by atoms with E-state index < -0.39 is 0 Å². The molecule has 1 aromatic carbocycles. The Morgan fingerprint density at radius 1 is 1.21 bits per heavy atom. The van der Waals surface area contributed by atoms with Crippen LogP contribution in [0.4, 0.5) is 5.95 Å². The number of carbonyl (C=O) groups excluding carboxylic acids is 1. The van der Waals surface area contributed by atoms with Gasteiger partial charge in [0.25, 0.3) is 0 Å². The second-order valence-corrected chi connectivity index (χ2v) is 6.92. The summed E-state index contributed by atoms with van der Waals surface area (Å²) in [7, 11) is 1.64. The molecule has 5 rings (SSSR count). The van der Waals surface area contributed by atoms with E-state index in [1.54, 1.807) is 24.2 Å². The van der Waals surface area contributed by atoms with Gasteiger partial charge in [-0.3, -0.25) is 9.78 Å². The summed E-state index contributed by atoms with van der Waals surface area (Å²) in [4.78, 5) is 21.7. The van der Waals surface area contributed by atoms with Crippen LogP contribution in [0.5, 0.6) is 5.75 Å². The Hall–Kier alpha value is -3.48. The van der Waals surface area contributed by atoms with Gasteiger partial charge in [-0.05, 0) is 42.7 Å². The summed E-state index contributed by atoms with van der Waals surface area (Å²) in [5, 5.41) is 8.08. The van der Waals surface area contributed by atoms with E-state index in [-0.39, 0.29) is 11.8 Å². The first-order chi connectivity index (χ1) is 13.7. The van der Waals surface area contributed by atoms with E-state index in [0.29, 0.717) is 18.2 Å². The Morgan fingerprint density at radius 2 is 2.14 bits per heavy atom. The Balaban J connectivity index is 1.69. The molecule has 1 aliphatic heterocycles. The summed E-state index contributed by atoms with van der Waals surface area (Å²) < 4.78 is 7.21. The summed E-state index contributed by atoms with van der Waals surface area (Å²) in [5.74, 6) is 2.12. The summed E-state index contributed by atoms with van der Waals surface area (Å²) >= 11 is 0. The number of ketones is 1. The van der Waals surface area contributed by atoms with Gasteiger partial charge in [0.2, 0.25) is 5.95 Å². The van der Waals surface area contributed by atoms with Crippen LogP contribution in [-0.2, 0) is 4.79 Å². The lowest BCUT2D eigenvalue weighted by Gasteiger charge is -2.32. The largest absolute Gasteiger partial charge is 0.497 e. The third-order valence-corrected chi connectivity index (χ3v) is 5.20. The number of hydrogen-bond donors (Lipinski definition) is 1. The number of nitrogens with one attached hydrogen (secondary N) is 1. The molecule has 0 saturated carbocycles. The van der Waals surface area contributed by atoms with E-state index in [0.717, 1.165) is 41.0 Å². The molecular weight excluding hydrogens is 354 g/mol. The lowest BCUT2D eigenvalue weighted by atomic mass is 9.85. The topological polar surface area (TPSA) is 81.9 Å². The van der Waals surface area contributed by atoms with Gasteiger partial charge in [-0.1, -0.05) is 12.1 Å². The van der Waals surface area contributed by atoms with Crippen molar-refractivity contribution in [2.45, 2.75) is 25.3 Å². The Morgan fingerprint density at radius 3 is 2.96 bits per heavy atom. The van der Waals surface area contributed by atoms with Crippen LogP contribution in [0, 0.1) is 0 Å². The van der Waals surface area contributed by atoms with Gasteiger partial charge in [-0.15, -0.1) is 5.10 Å². The highest BCUT2D eigenvalue weighted by Crippen LogP contribution is 2.41. The van der Waals surface area contributed by atoms with Crippen LogP contribution in [0.2, 0.25) is 0 Å². The van der Waals surface area contributed by atoms with E-state index in [2.05, 4.69) is 15.3 Å². The van der Waals surface area contributed by atoms with Gasteiger partial charge in [-0.2, -0.15) is 4.98 Å². The fourth-order valence-electron chi connectivity index (χ4n) is 3.89. The fraction of sp³-hybridized carbons (Fsp3) is 0.238. The molecule has 1 N–H and O–H groups in total. The normalized spacial score (nSPS) is 18.3. The number of pyridine rings is 1. The molecule has 7 heteroatoms. The van der Waals surface area contributed by atoms with Gasteiger partial charge in [0, 0.05) is 35.6 Å². The van der Waals surface area contributed by atoms with Crippen molar-refractivity contribution in [3.05, 3.63) is 65.6 Å². The van der Waals surface area contributed by atoms with Crippen molar-refractivity contribution in [3.8, 4) is 17.1 Å². The first-order valence-electron chi connectivity index (χ1n) is 9.29. The van der Waals surface area contributed by atoms with E-state index >= 15 is 0 Å². The molecule has 0 fully saturated rings. The highest BCUT2D eigenvalue weighted by Gasteiger charge is 2.37. The summed E-state index contributed by atoms with van der Waals surface area (Å²) in [6.07, 6.45) is 5.69. The molecule has 140 valence electrons. The smallest absolute Gasteiger partial charge is 0.226 e. The van der Waals surface area contributed by atoms with E-state index in [1.165, 1.54) is 0 Å². The first-order valence-corrected chi connectivity index (χ1v) is 9.29. The number of methoxy groups -OCH3 is 1. The van der Waals surface area contributed by atoms with Crippen LogP contribution < -0.4 is 10.1 Å². The average Bonchev–Trinajstić information content (AvgIpc) is 3.17. The molecular formula is C21H19N5O2. The van der Waals surface area contributed by atoms with E-state index in [4.69, 9.17) is 9.84 Å². The maximum atomic E-state index is 12.9. The molecule has 1 unspecified atom stereocenters. The monoisotopic (exact) mass is 373 g/mol. The van der Waals surface area contributed by atoms with Gasteiger partial charge in [0.15, 0.2) is 11.6 Å². The molecule has 1 atom stereocenters. The highest BCUT2D eigenvalue weighted by molar-refractivity contribution is 5.99. The summed E-state index contributed by atoms with van der Waals surface area (Å²) in [6, 6.07) is 11.2. The van der Waals surface area contributed by atoms with Crippen molar-refractivity contribution in [3.63, 3.8) is 0 Å². The van der Waals surface area contributed by atoms with Crippen LogP contribution >= 0.6 is 0 Å². The number of hydrogen-bond acceptors (Lipinski definition) is 6. The molecule has 28 heavy (non-hydrogen) atoms. The Labute approximate surface area is 162 Å². The number of benzene rings is 1. The molecule has 1 aliphatic carbocycles. The molecule has 2 aromatic heterocycles. The zero-order valence-electron chi connectivity index (χ0n) is 15.4. The molecule has 0 bridgehead atoms. The van der Waals surface area contributed by atoms with Gasteiger partial charge < -0.3 is 10.1 Å². The molecule has 0 saturated heterocycles.